The molecule has 0 aromatic heterocycles. The van der Waals surface area contributed by atoms with Gasteiger partial charge in [0.15, 0.2) is 0 Å². The van der Waals surface area contributed by atoms with Crippen LogP contribution in [0.3, 0.4) is 0 Å². The highest BCUT2D eigenvalue weighted by molar-refractivity contribution is 7.90. The fourth-order valence-corrected chi connectivity index (χ4v) is 5.71. The first-order chi connectivity index (χ1) is 12.1. The lowest BCUT2D eigenvalue weighted by molar-refractivity contribution is 0.0617. The summed E-state index contributed by atoms with van der Waals surface area (Å²) in [5, 5.41) is -0.403. The van der Waals surface area contributed by atoms with Crippen molar-refractivity contribution >= 4 is 21.8 Å². The molecule has 0 saturated heterocycles. The molecule has 1 aromatic carbocycles. The van der Waals surface area contributed by atoms with Crippen molar-refractivity contribution in [2.75, 3.05) is 6.54 Å². The number of hydrogen-bond donors (Lipinski definition) is 1. The minimum atomic E-state index is -3.35. The molecule has 0 unspecified atom stereocenters. The molecule has 1 fully saturated rings. The van der Waals surface area contributed by atoms with E-state index in [1.54, 1.807) is 24.3 Å². The number of rotatable bonds is 4. The van der Waals surface area contributed by atoms with Crippen LogP contribution in [-0.4, -0.2) is 42.5 Å². The van der Waals surface area contributed by atoms with E-state index in [4.69, 9.17) is 0 Å². The van der Waals surface area contributed by atoms with Gasteiger partial charge < -0.3 is 0 Å². The summed E-state index contributed by atoms with van der Waals surface area (Å²) in [5.74, 6) is -0.331. The summed E-state index contributed by atoms with van der Waals surface area (Å²) in [6.07, 6.45) is 2.50. The van der Waals surface area contributed by atoms with E-state index in [2.05, 4.69) is 4.72 Å². The second-order valence-corrected chi connectivity index (χ2v) is 10.3. The van der Waals surface area contributed by atoms with Crippen LogP contribution in [-0.2, 0) is 10.0 Å². The number of amides is 2. The van der Waals surface area contributed by atoms with Crippen LogP contribution < -0.4 is 4.72 Å². The molecule has 1 aromatic rings. The minimum absolute atomic E-state index is 0.151. The Kier molecular flexibility index (Phi) is 4.96. The standard InChI is InChI=1S/C19H26N2O4S/c1-19(2,3)20-26(24,25)14-10-8-13(9-11-14)12-21-17(22)15-6-4-5-7-16(15)18(21)23/h4-7,13-14,20H,8-12H2,1-3H3. The Hall–Kier alpha value is -1.73. The van der Waals surface area contributed by atoms with Gasteiger partial charge in [0, 0.05) is 12.1 Å². The highest BCUT2D eigenvalue weighted by Gasteiger charge is 2.38. The monoisotopic (exact) mass is 378 g/mol. The summed E-state index contributed by atoms with van der Waals surface area (Å²) in [5.41, 5.74) is 0.432. The zero-order valence-electron chi connectivity index (χ0n) is 15.5. The molecule has 1 aliphatic carbocycles. The van der Waals surface area contributed by atoms with Gasteiger partial charge in [0.05, 0.1) is 16.4 Å². The van der Waals surface area contributed by atoms with E-state index in [1.807, 2.05) is 20.8 Å². The second kappa shape index (κ2) is 6.78. The number of nitrogens with zero attached hydrogens (tertiary/aromatic N) is 1. The lowest BCUT2D eigenvalue weighted by atomic mass is 9.88. The molecule has 1 aliphatic heterocycles. The predicted octanol–water partition coefficient (Wildman–Crippen LogP) is 2.56. The van der Waals surface area contributed by atoms with Crippen molar-refractivity contribution < 1.29 is 18.0 Å². The fourth-order valence-electron chi connectivity index (χ4n) is 3.80. The van der Waals surface area contributed by atoms with Gasteiger partial charge in [-0.05, 0) is 64.5 Å². The highest BCUT2D eigenvalue weighted by atomic mass is 32.2. The Labute approximate surface area is 155 Å². The molecule has 2 aliphatic rings. The summed E-state index contributed by atoms with van der Waals surface area (Å²) in [7, 11) is -3.35. The molecule has 1 saturated carbocycles. The highest BCUT2D eigenvalue weighted by Crippen LogP contribution is 2.31. The van der Waals surface area contributed by atoms with E-state index in [-0.39, 0.29) is 17.7 Å². The van der Waals surface area contributed by atoms with Crippen LogP contribution in [0, 0.1) is 5.92 Å². The van der Waals surface area contributed by atoms with E-state index < -0.39 is 20.8 Å². The normalized spacial score (nSPS) is 24.0. The van der Waals surface area contributed by atoms with Crippen LogP contribution >= 0.6 is 0 Å². The molecule has 2 amide bonds. The Bertz CT molecular complexity index is 783. The van der Waals surface area contributed by atoms with Crippen molar-refractivity contribution in [3.05, 3.63) is 35.4 Å². The van der Waals surface area contributed by atoms with Crippen molar-refractivity contribution in [3.8, 4) is 0 Å². The Morgan fingerprint density at radius 3 is 1.96 bits per heavy atom. The Morgan fingerprint density at radius 1 is 1.00 bits per heavy atom. The zero-order valence-corrected chi connectivity index (χ0v) is 16.3. The van der Waals surface area contributed by atoms with Gasteiger partial charge in [-0.2, -0.15) is 0 Å². The first kappa shape index (κ1) is 19.0. The number of sulfonamides is 1. The number of fused-ring (bicyclic) bond motifs is 1. The molecule has 142 valence electrons. The van der Waals surface area contributed by atoms with Crippen molar-refractivity contribution in [2.45, 2.75) is 57.2 Å². The summed E-state index contributed by atoms with van der Waals surface area (Å²) < 4.78 is 27.7. The third kappa shape index (κ3) is 3.83. The smallest absolute Gasteiger partial charge is 0.261 e. The van der Waals surface area contributed by atoms with Crippen molar-refractivity contribution in [2.24, 2.45) is 5.92 Å². The number of nitrogens with one attached hydrogen (secondary N) is 1. The molecule has 1 heterocycles. The van der Waals surface area contributed by atoms with Crippen molar-refractivity contribution in [3.63, 3.8) is 0 Å². The maximum Gasteiger partial charge on any atom is 0.261 e. The van der Waals surface area contributed by atoms with Crippen LogP contribution in [0.4, 0.5) is 0 Å². The number of imide groups is 1. The quantitative estimate of drug-likeness (QED) is 0.816. The van der Waals surface area contributed by atoms with E-state index in [0.717, 1.165) is 0 Å². The van der Waals surface area contributed by atoms with Gasteiger partial charge in [0.1, 0.15) is 0 Å². The van der Waals surface area contributed by atoms with Gasteiger partial charge in [-0.3, -0.25) is 14.5 Å². The number of carbonyl (C=O) groups excluding carboxylic acids is 2. The van der Waals surface area contributed by atoms with Crippen LogP contribution in [0.5, 0.6) is 0 Å². The molecule has 0 atom stereocenters. The average molecular weight is 378 g/mol. The van der Waals surface area contributed by atoms with Crippen LogP contribution in [0.15, 0.2) is 24.3 Å². The maximum absolute atomic E-state index is 12.5. The molecule has 0 spiro atoms. The van der Waals surface area contributed by atoms with E-state index in [1.165, 1.54) is 4.90 Å². The Morgan fingerprint density at radius 2 is 1.50 bits per heavy atom. The largest absolute Gasteiger partial charge is 0.274 e. The van der Waals surface area contributed by atoms with Crippen molar-refractivity contribution in [1.29, 1.82) is 0 Å². The van der Waals surface area contributed by atoms with Crippen LogP contribution in [0.25, 0.3) is 0 Å². The first-order valence-electron chi connectivity index (χ1n) is 9.06. The van der Waals surface area contributed by atoms with E-state index in [9.17, 15) is 18.0 Å². The van der Waals surface area contributed by atoms with E-state index in [0.29, 0.717) is 43.4 Å². The van der Waals surface area contributed by atoms with Gasteiger partial charge in [-0.25, -0.2) is 13.1 Å². The molecule has 0 bridgehead atoms. The molecule has 7 heteroatoms. The second-order valence-electron chi connectivity index (χ2n) is 8.31. The zero-order chi connectivity index (χ0) is 19.1. The SMILES string of the molecule is CC(C)(C)NS(=O)(=O)C1CCC(CN2C(=O)c3ccccc3C2=O)CC1. The Balaban J connectivity index is 1.60. The van der Waals surface area contributed by atoms with E-state index >= 15 is 0 Å². The number of benzene rings is 1. The number of hydrogen-bond acceptors (Lipinski definition) is 4. The van der Waals surface area contributed by atoms with Gasteiger partial charge in [-0.1, -0.05) is 12.1 Å². The number of carbonyl (C=O) groups is 2. The summed E-state index contributed by atoms with van der Waals surface area (Å²) in [4.78, 5) is 26.2. The third-order valence-corrected chi connectivity index (χ3v) is 7.25. The molecule has 1 N–H and O–H groups in total. The predicted molar refractivity (Wildman–Crippen MR) is 99.4 cm³/mol. The van der Waals surface area contributed by atoms with Crippen LogP contribution in [0.1, 0.15) is 67.2 Å². The molecule has 26 heavy (non-hydrogen) atoms. The molecule has 3 rings (SSSR count). The van der Waals surface area contributed by atoms with Gasteiger partial charge in [-0.15, -0.1) is 0 Å². The van der Waals surface area contributed by atoms with Gasteiger partial charge in [0.25, 0.3) is 11.8 Å². The third-order valence-electron chi connectivity index (χ3n) is 5.00. The molecule has 6 nitrogen and oxygen atoms in total. The lowest BCUT2D eigenvalue weighted by Crippen LogP contribution is -2.46. The van der Waals surface area contributed by atoms with Gasteiger partial charge in [0.2, 0.25) is 10.0 Å². The van der Waals surface area contributed by atoms with Gasteiger partial charge >= 0.3 is 0 Å². The topological polar surface area (TPSA) is 83.6 Å². The van der Waals surface area contributed by atoms with Crippen molar-refractivity contribution in [1.82, 2.24) is 9.62 Å². The maximum atomic E-state index is 12.5. The average Bonchev–Trinajstić information content (AvgIpc) is 2.79. The fraction of sp³-hybridized carbons (Fsp3) is 0.579. The summed E-state index contributed by atoms with van der Waals surface area (Å²) >= 11 is 0. The van der Waals surface area contributed by atoms with Crippen LogP contribution in [0.2, 0.25) is 0 Å². The summed E-state index contributed by atoms with van der Waals surface area (Å²) in [6, 6.07) is 6.87. The molecular formula is C19H26N2O4S. The summed E-state index contributed by atoms with van der Waals surface area (Å²) in [6.45, 7) is 5.86. The minimum Gasteiger partial charge on any atom is -0.274 e. The first-order valence-corrected chi connectivity index (χ1v) is 10.6. The molecule has 0 radical (unpaired) electrons. The lowest BCUT2D eigenvalue weighted by Gasteiger charge is -2.32. The molecular weight excluding hydrogens is 352 g/mol.